The Kier molecular flexibility index (Phi) is 6.81. The smallest absolute Gasteiger partial charge is 0.173 e. The van der Waals surface area contributed by atoms with Gasteiger partial charge in [0.15, 0.2) is 5.11 Å². The van der Waals surface area contributed by atoms with Crippen molar-refractivity contribution in [1.82, 2.24) is 9.80 Å². The molecule has 0 spiro atoms. The molecule has 1 aromatic rings. The molecule has 0 unspecified atom stereocenters. The van der Waals surface area contributed by atoms with Gasteiger partial charge in [0, 0.05) is 35.9 Å². The molecule has 5 heteroatoms. The fraction of sp³-hybridized carbons (Fsp3) is 0.667. The van der Waals surface area contributed by atoms with Gasteiger partial charge in [-0.2, -0.15) is 0 Å². The Bertz CT molecular complexity index is 628. The molecule has 1 aliphatic carbocycles. The van der Waals surface area contributed by atoms with E-state index in [9.17, 15) is 0 Å². The first kappa shape index (κ1) is 19.9. The minimum Gasteiger partial charge on any atom is -0.349 e. The fourth-order valence-electron chi connectivity index (χ4n) is 4.52. The fourth-order valence-corrected chi connectivity index (χ4v) is 5.00. The van der Waals surface area contributed by atoms with Gasteiger partial charge in [0.25, 0.3) is 0 Å². The number of halogens is 1. The second-order valence-corrected chi connectivity index (χ2v) is 8.90. The molecule has 144 valence electrons. The third kappa shape index (κ3) is 4.71. The van der Waals surface area contributed by atoms with Crippen molar-refractivity contribution in [3.63, 3.8) is 0 Å². The van der Waals surface area contributed by atoms with Crippen LogP contribution in [0.3, 0.4) is 0 Å². The van der Waals surface area contributed by atoms with Crippen molar-refractivity contribution in [3.05, 3.63) is 28.8 Å². The number of likely N-dealkylation sites (tertiary alicyclic amines) is 1. The molecule has 0 radical (unpaired) electrons. The highest BCUT2D eigenvalue weighted by Crippen LogP contribution is 2.30. The normalized spacial score (nSPS) is 24.7. The zero-order valence-corrected chi connectivity index (χ0v) is 17.9. The lowest BCUT2D eigenvalue weighted by Crippen LogP contribution is -2.51. The number of thiocarbonyl (C=S) groups is 1. The Hall–Kier alpha value is -0.840. The molecule has 0 aromatic heterocycles. The quantitative estimate of drug-likeness (QED) is 0.700. The summed E-state index contributed by atoms with van der Waals surface area (Å²) < 4.78 is 0. The first-order chi connectivity index (χ1) is 12.5. The molecule has 1 saturated carbocycles. The van der Waals surface area contributed by atoms with E-state index in [1.165, 1.54) is 38.5 Å². The van der Waals surface area contributed by atoms with Crippen molar-refractivity contribution in [3.8, 4) is 0 Å². The van der Waals surface area contributed by atoms with E-state index in [-0.39, 0.29) is 0 Å². The van der Waals surface area contributed by atoms with Crippen LogP contribution in [0.15, 0.2) is 18.2 Å². The summed E-state index contributed by atoms with van der Waals surface area (Å²) in [6.45, 7) is 6.50. The molecule has 2 atom stereocenters. The van der Waals surface area contributed by atoms with Gasteiger partial charge in [-0.05, 0) is 75.5 Å². The van der Waals surface area contributed by atoms with E-state index in [1.54, 1.807) is 0 Å². The van der Waals surface area contributed by atoms with Gasteiger partial charge in [0.05, 0.1) is 0 Å². The van der Waals surface area contributed by atoms with Crippen LogP contribution in [0.1, 0.15) is 51.0 Å². The molecule has 1 N–H and O–H groups in total. The van der Waals surface area contributed by atoms with E-state index in [2.05, 4.69) is 29.1 Å². The Morgan fingerprint density at radius 2 is 1.88 bits per heavy atom. The van der Waals surface area contributed by atoms with Crippen LogP contribution in [-0.4, -0.2) is 47.1 Å². The lowest BCUT2D eigenvalue weighted by molar-refractivity contribution is 0.0691. The van der Waals surface area contributed by atoms with Crippen LogP contribution in [0, 0.1) is 12.8 Å². The summed E-state index contributed by atoms with van der Waals surface area (Å²) in [5.74, 6) is 0.834. The third-order valence-electron chi connectivity index (χ3n) is 6.34. The number of hydrogen-bond donors (Lipinski definition) is 1. The Balaban J connectivity index is 1.51. The maximum absolute atomic E-state index is 6.22. The number of nitrogens with one attached hydrogen (secondary N) is 1. The van der Waals surface area contributed by atoms with Gasteiger partial charge in [-0.15, -0.1) is 0 Å². The van der Waals surface area contributed by atoms with Crippen molar-refractivity contribution < 1.29 is 0 Å². The lowest BCUT2D eigenvalue weighted by atomic mass is 9.84. The van der Waals surface area contributed by atoms with Crippen molar-refractivity contribution in [2.75, 3.05) is 25.5 Å². The molecule has 1 heterocycles. The van der Waals surface area contributed by atoms with Gasteiger partial charge in [-0.25, -0.2) is 0 Å². The molecule has 2 fully saturated rings. The highest BCUT2D eigenvalue weighted by atomic mass is 35.5. The molecule has 1 saturated heterocycles. The number of rotatable bonds is 3. The molecular weight excluding hydrogens is 362 g/mol. The molecule has 0 amide bonds. The van der Waals surface area contributed by atoms with Gasteiger partial charge >= 0.3 is 0 Å². The van der Waals surface area contributed by atoms with Gasteiger partial charge < -0.3 is 15.1 Å². The molecule has 1 aromatic carbocycles. The van der Waals surface area contributed by atoms with Crippen molar-refractivity contribution in [1.29, 1.82) is 0 Å². The summed E-state index contributed by atoms with van der Waals surface area (Å²) in [6.07, 6.45) is 7.94. The molecule has 0 bridgehead atoms. The van der Waals surface area contributed by atoms with E-state index in [0.717, 1.165) is 46.4 Å². The minimum absolute atomic E-state index is 0.688. The predicted octanol–water partition coefficient (Wildman–Crippen LogP) is 5.32. The largest absolute Gasteiger partial charge is 0.349 e. The number of piperidine rings is 1. The summed E-state index contributed by atoms with van der Waals surface area (Å²) in [5.41, 5.74) is 2.06. The Morgan fingerprint density at radius 1 is 1.19 bits per heavy atom. The van der Waals surface area contributed by atoms with Crippen LogP contribution >= 0.6 is 23.8 Å². The van der Waals surface area contributed by atoms with Crippen LogP contribution < -0.4 is 5.32 Å². The standard InChI is InChI=1S/C21H32ClN3S/c1-15-8-9-17(14-19(15)22)23-21(26)25-12-10-18(11-13-25)24(3)20-7-5-4-6-16(20)2/h8-9,14,16,18,20H,4-7,10-13H2,1-3H3,(H,23,26)/t16-,20+/m1/s1. The van der Waals surface area contributed by atoms with E-state index < -0.39 is 0 Å². The van der Waals surface area contributed by atoms with Crippen LogP contribution in [-0.2, 0) is 0 Å². The highest BCUT2D eigenvalue weighted by molar-refractivity contribution is 7.80. The highest BCUT2D eigenvalue weighted by Gasteiger charge is 2.31. The third-order valence-corrected chi connectivity index (χ3v) is 7.11. The van der Waals surface area contributed by atoms with Crippen molar-refractivity contribution in [2.24, 2.45) is 5.92 Å². The number of aryl methyl sites for hydroxylation is 1. The van der Waals surface area contributed by atoms with Crippen LogP contribution in [0.5, 0.6) is 0 Å². The average molecular weight is 394 g/mol. The topological polar surface area (TPSA) is 18.5 Å². The van der Waals surface area contributed by atoms with Crippen molar-refractivity contribution in [2.45, 2.75) is 64.5 Å². The maximum Gasteiger partial charge on any atom is 0.173 e. The SMILES string of the molecule is Cc1ccc(NC(=S)N2CCC(N(C)[C@H]3CCCC[C@H]3C)CC2)cc1Cl. The number of anilines is 1. The molecule has 1 aliphatic heterocycles. The van der Waals surface area contributed by atoms with E-state index in [0.29, 0.717) is 6.04 Å². The van der Waals surface area contributed by atoms with Gasteiger partial charge in [-0.3, -0.25) is 0 Å². The van der Waals surface area contributed by atoms with Gasteiger partial charge in [-0.1, -0.05) is 37.4 Å². The summed E-state index contributed by atoms with van der Waals surface area (Å²) in [5, 5.41) is 4.95. The van der Waals surface area contributed by atoms with Gasteiger partial charge in [0.1, 0.15) is 0 Å². The second kappa shape index (κ2) is 8.90. The first-order valence-electron chi connectivity index (χ1n) is 9.99. The number of hydrogen-bond acceptors (Lipinski definition) is 2. The zero-order chi connectivity index (χ0) is 18.7. The van der Waals surface area contributed by atoms with Crippen LogP contribution in [0.2, 0.25) is 5.02 Å². The summed E-state index contributed by atoms with van der Waals surface area (Å²) in [4.78, 5) is 4.98. The van der Waals surface area contributed by atoms with Crippen molar-refractivity contribution >= 4 is 34.6 Å². The monoisotopic (exact) mass is 393 g/mol. The maximum atomic E-state index is 6.22. The summed E-state index contributed by atoms with van der Waals surface area (Å²) in [7, 11) is 2.34. The molecule has 26 heavy (non-hydrogen) atoms. The Morgan fingerprint density at radius 3 is 2.54 bits per heavy atom. The van der Waals surface area contributed by atoms with Crippen LogP contribution in [0.4, 0.5) is 5.69 Å². The van der Waals surface area contributed by atoms with Crippen LogP contribution in [0.25, 0.3) is 0 Å². The Labute approximate surface area is 169 Å². The number of nitrogens with zero attached hydrogens (tertiary/aromatic N) is 2. The average Bonchev–Trinajstić information content (AvgIpc) is 2.65. The summed E-state index contributed by atoms with van der Waals surface area (Å²) >= 11 is 11.9. The molecule has 3 nitrogen and oxygen atoms in total. The van der Waals surface area contributed by atoms with Gasteiger partial charge in [0.2, 0.25) is 0 Å². The lowest BCUT2D eigenvalue weighted by Gasteiger charge is -2.44. The molecular formula is C21H32ClN3S. The molecule has 2 aliphatic rings. The second-order valence-electron chi connectivity index (χ2n) is 8.11. The predicted molar refractivity (Wildman–Crippen MR) is 116 cm³/mol. The van der Waals surface area contributed by atoms with E-state index in [1.807, 2.05) is 25.1 Å². The van der Waals surface area contributed by atoms with E-state index in [4.69, 9.17) is 23.8 Å². The molecule has 3 rings (SSSR count). The first-order valence-corrected chi connectivity index (χ1v) is 10.8. The minimum atomic E-state index is 0.688. The van der Waals surface area contributed by atoms with E-state index >= 15 is 0 Å². The number of benzene rings is 1. The zero-order valence-electron chi connectivity index (χ0n) is 16.3. The summed E-state index contributed by atoms with van der Waals surface area (Å²) in [6, 6.07) is 7.47.